The fourth-order valence-corrected chi connectivity index (χ4v) is 4.30. The zero-order valence-corrected chi connectivity index (χ0v) is 18.8. The van der Waals surface area contributed by atoms with Gasteiger partial charge in [0.1, 0.15) is 12.4 Å². The van der Waals surface area contributed by atoms with Crippen LogP contribution < -0.4 is 10.3 Å². The average molecular weight is 489 g/mol. The third kappa shape index (κ3) is 4.23. The maximum absolute atomic E-state index is 12.9. The molecule has 1 unspecified atom stereocenters. The number of para-hydroxylation sites is 1. The molecule has 0 saturated carbocycles. The van der Waals surface area contributed by atoms with Gasteiger partial charge in [0.2, 0.25) is 5.78 Å². The van der Waals surface area contributed by atoms with Gasteiger partial charge in [0.05, 0.1) is 17.0 Å². The van der Waals surface area contributed by atoms with Crippen LogP contribution in [0.4, 0.5) is 0 Å². The maximum Gasteiger partial charge on any atom is 0.262 e. The largest absolute Gasteiger partial charge is 0.491 e. The minimum atomic E-state index is -0.682. The number of aromatic nitrogens is 4. The summed E-state index contributed by atoms with van der Waals surface area (Å²) in [5.74, 6) is 1.60. The van der Waals surface area contributed by atoms with Crippen molar-refractivity contribution >= 4 is 44.4 Å². The molecule has 30 heavy (non-hydrogen) atoms. The number of fused-ring (bicyclic) bond motifs is 3. The van der Waals surface area contributed by atoms with E-state index in [9.17, 15) is 9.90 Å². The third-order valence-electron chi connectivity index (χ3n) is 4.59. The lowest BCUT2D eigenvalue weighted by Crippen LogP contribution is -2.23. The minimum absolute atomic E-state index is 0.0631. The van der Waals surface area contributed by atoms with Gasteiger partial charge in [-0.15, -0.1) is 10.2 Å². The normalized spacial score (nSPS) is 12.5. The van der Waals surface area contributed by atoms with Gasteiger partial charge in [-0.1, -0.05) is 46.7 Å². The highest BCUT2D eigenvalue weighted by atomic mass is 79.9. The molecule has 9 heteroatoms. The molecule has 0 aliphatic heterocycles. The van der Waals surface area contributed by atoms with Crippen LogP contribution in [0.5, 0.6) is 5.75 Å². The molecule has 0 aliphatic carbocycles. The number of ether oxygens (including phenoxy) is 1. The Balaban J connectivity index is 1.56. The van der Waals surface area contributed by atoms with Gasteiger partial charge in [0, 0.05) is 16.8 Å². The number of thioether (sulfide) groups is 1. The highest BCUT2D eigenvalue weighted by Crippen LogP contribution is 2.23. The van der Waals surface area contributed by atoms with E-state index < -0.39 is 6.10 Å². The van der Waals surface area contributed by atoms with Crippen molar-refractivity contribution in [2.45, 2.75) is 31.1 Å². The zero-order chi connectivity index (χ0) is 21.1. The van der Waals surface area contributed by atoms with Crippen LogP contribution >= 0.6 is 27.7 Å². The molecule has 7 nitrogen and oxygen atoms in total. The van der Waals surface area contributed by atoms with Gasteiger partial charge in [0.25, 0.3) is 5.56 Å². The van der Waals surface area contributed by atoms with Gasteiger partial charge >= 0.3 is 0 Å². The van der Waals surface area contributed by atoms with E-state index in [1.165, 1.54) is 11.8 Å². The number of benzene rings is 2. The Morgan fingerprint density at radius 2 is 1.93 bits per heavy atom. The number of aliphatic hydroxyl groups excluding tert-OH is 1. The topological polar surface area (TPSA) is 81.7 Å². The molecule has 0 aliphatic rings. The van der Waals surface area contributed by atoms with Crippen molar-refractivity contribution in [3.8, 4) is 5.75 Å². The molecule has 0 amide bonds. The molecule has 0 spiro atoms. The highest BCUT2D eigenvalue weighted by Gasteiger charge is 2.17. The predicted molar refractivity (Wildman–Crippen MR) is 121 cm³/mol. The lowest BCUT2D eigenvalue weighted by atomic mass is 10.2. The first kappa shape index (κ1) is 20.9. The van der Waals surface area contributed by atoms with E-state index in [2.05, 4.69) is 26.1 Å². The lowest BCUT2D eigenvalue weighted by molar-refractivity contribution is 0.126. The smallest absolute Gasteiger partial charge is 0.262 e. The van der Waals surface area contributed by atoms with Crippen LogP contribution in [-0.4, -0.2) is 42.7 Å². The van der Waals surface area contributed by atoms with E-state index in [0.29, 0.717) is 34.4 Å². The molecule has 2 aromatic heterocycles. The molecule has 2 heterocycles. The Kier molecular flexibility index (Phi) is 6.40. The van der Waals surface area contributed by atoms with Crippen molar-refractivity contribution in [3.05, 3.63) is 63.4 Å². The molecule has 1 N–H and O–H groups in total. The van der Waals surface area contributed by atoms with Crippen LogP contribution in [0, 0.1) is 0 Å². The molecular formula is C21H21BrN4O3S. The van der Waals surface area contributed by atoms with E-state index in [1.807, 2.05) is 59.9 Å². The van der Waals surface area contributed by atoms with Crippen molar-refractivity contribution < 1.29 is 9.84 Å². The summed E-state index contributed by atoms with van der Waals surface area (Å²) in [4.78, 5) is 12.9. The number of aryl methyl sites for hydroxylation is 1. The molecular weight excluding hydrogens is 468 g/mol. The van der Waals surface area contributed by atoms with Crippen molar-refractivity contribution in [1.29, 1.82) is 0 Å². The van der Waals surface area contributed by atoms with Gasteiger partial charge in [0.15, 0.2) is 5.16 Å². The van der Waals surface area contributed by atoms with Crippen molar-refractivity contribution in [2.75, 3.05) is 12.4 Å². The number of aliphatic hydroxyl groups is 1. The Hall–Kier alpha value is -2.36. The Labute approximate surface area is 185 Å². The van der Waals surface area contributed by atoms with E-state index in [4.69, 9.17) is 4.74 Å². The molecule has 4 aromatic rings. The number of nitrogens with zero attached hydrogens (tertiary/aromatic N) is 4. The van der Waals surface area contributed by atoms with Crippen LogP contribution in [0.15, 0.2) is 63.0 Å². The molecule has 0 fully saturated rings. The molecule has 0 bridgehead atoms. The Bertz CT molecular complexity index is 1220. The van der Waals surface area contributed by atoms with Gasteiger partial charge in [-0.3, -0.25) is 13.8 Å². The zero-order valence-electron chi connectivity index (χ0n) is 16.4. The first-order valence-electron chi connectivity index (χ1n) is 9.64. The first-order chi connectivity index (χ1) is 14.6. The third-order valence-corrected chi connectivity index (χ3v) is 6.19. The van der Waals surface area contributed by atoms with Crippen molar-refractivity contribution in [2.24, 2.45) is 0 Å². The van der Waals surface area contributed by atoms with Crippen LogP contribution in [0.1, 0.15) is 13.3 Å². The molecule has 0 radical (unpaired) electrons. The van der Waals surface area contributed by atoms with Gasteiger partial charge < -0.3 is 9.84 Å². The van der Waals surface area contributed by atoms with Gasteiger partial charge in [-0.25, -0.2) is 0 Å². The molecule has 156 valence electrons. The van der Waals surface area contributed by atoms with E-state index in [1.54, 1.807) is 4.57 Å². The van der Waals surface area contributed by atoms with Crippen LogP contribution in [-0.2, 0) is 6.54 Å². The van der Waals surface area contributed by atoms with E-state index in [0.717, 1.165) is 16.4 Å². The molecule has 0 saturated heterocycles. The summed E-state index contributed by atoms with van der Waals surface area (Å²) in [5.41, 5.74) is 0.699. The van der Waals surface area contributed by atoms with Crippen LogP contribution in [0.2, 0.25) is 0 Å². The summed E-state index contributed by atoms with van der Waals surface area (Å²) >= 11 is 4.77. The summed E-state index contributed by atoms with van der Waals surface area (Å²) < 4.78 is 10.2. The molecule has 1 atom stereocenters. The second-order valence-electron chi connectivity index (χ2n) is 6.82. The monoisotopic (exact) mass is 488 g/mol. The van der Waals surface area contributed by atoms with Crippen molar-refractivity contribution in [3.63, 3.8) is 0 Å². The summed E-state index contributed by atoms with van der Waals surface area (Å²) in [6.07, 6.45) is 0.133. The lowest BCUT2D eigenvalue weighted by Gasteiger charge is -2.13. The van der Waals surface area contributed by atoms with Gasteiger partial charge in [-0.2, -0.15) is 0 Å². The van der Waals surface area contributed by atoms with E-state index >= 15 is 0 Å². The summed E-state index contributed by atoms with van der Waals surface area (Å²) in [6, 6.07) is 14.9. The quantitative estimate of drug-likeness (QED) is 0.380. The summed E-state index contributed by atoms with van der Waals surface area (Å²) in [5, 5.41) is 20.2. The Morgan fingerprint density at radius 3 is 2.70 bits per heavy atom. The average Bonchev–Trinajstić information content (AvgIpc) is 3.19. The second-order valence-corrected chi connectivity index (χ2v) is 8.72. The second kappa shape index (κ2) is 9.20. The number of hydrogen-bond donors (Lipinski definition) is 1. The number of rotatable bonds is 8. The molecule has 4 rings (SSSR count). The SMILES string of the molecule is CCCn1c(=O)c2ccccc2n2c(SCC(O)COc3ccc(Br)cc3)nnc12. The summed E-state index contributed by atoms with van der Waals surface area (Å²) in [6.45, 7) is 2.76. The number of halogens is 1. The number of hydrogen-bond acceptors (Lipinski definition) is 6. The predicted octanol–water partition coefficient (Wildman–Crippen LogP) is 3.75. The van der Waals surface area contributed by atoms with Crippen LogP contribution in [0.3, 0.4) is 0 Å². The fourth-order valence-electron chi connectivity index (χ4n) is 3.19. The highest BCUT2D eigenvalue weighted by molar-refractivity contribution is 9.10. The van der Waals surface area contributed by atoms with Crippen molar-refractivity contribution in [1.82, 2.24) is 19.2 Å². The Morgan fingerprint density at radius 1 is 1.17 bits per heavy atom. The maximum atomic E-state index is 12.9. The van der Waals surface area contributed by atoms with Crippen LogP contribution in [0.25, 0.3) is 16.7 Å². The fraction of sp³-hybridized carbons (Fsp3) is 0.286. The molecule has 2 aromatic carbocycles. The standard InChI is InChI=1S/C21H21BrN4O3S/c1-2-11-25-19(28)17-5-3-4-6-18(17)26-20(25)23-24-21(26)30-13-15(27)12-29-16-9-7-14(22)8-10-16/h3-10,15,27H,2,11-13H2,1H3. The first-order valence-corrected chi connectivity index (χ1v) is 11.4. The summed E-state index contributed by atoms with van der Waals surface area (Å²) in [7, 11) is 0. The minimum Gasteiger partial charge on any atom is -0.491 e. The van der Waals surface area contributed by atoms with Gasteiger partial charge in [-0.05, 0) is 42.8 Å². The van der Waals surface area contributed by atoms with E-state index in [-0.39, 0.29) is 12.2 Å².